The number of carbonyl (C=O) groups is 1. The van der Waals surface area contributed by atoms with E-state index in [4.69, 9.17) is 9.47 Å². The maximum atomic E-state index is 14.0. The SMILES string of the molecule is COc1ccc2c3c(n(-c4ccc5cc[nH]c5c4)c(=O)c2c1OC)-c1ccccc1C3=O. The topological polar surface area (TPSA) is 73.3 Å². The van der Waals surface area contributed by atoms with Crippen LogP contribution in [0.15, 0.2) is 71.7 Å². The molecule has 0 unspecified atom stereocenters. The molecule has 0 bridgehead atoms. The maximum Gasteiger partial charge on any atom is 0.267 e. The fraction of sp³-hybridized carbons (Fsp3) is 0.0769. The number of benzene rings is 3. The molecule has 5 aromatic rings. The van der Waals surface area contributed by atoms with E-state index in [-0.39, 0.29) is 11.3 Å². The molecule has 0 saturated heterocycles. The van der Waals surface area contributed by atoms with Crippen LogP contribution in [0.25, 0.3) is 38.6 Å². The lowest BCUT2D eigenvalue weighted by Crippen LogP contribution is -2.22. The summed E-state index contributed by atoms with van der Waals surface area (Å²) in [6.45, 7) is 0. The van der Waals surface area contributed by atoms with E-state index in [9.17, 15) is 9.59 Å². The Labute approximate surface area is 182 Å². The van der Waals surface area contributed by atoms with Crippen molar-refractivity contribution in [3.63, 3.8) is 0 Å². The van der Waals surface area contributed by atoms with Crippen molar-refractivity contribution in [1.82, 2.24) is 9.55 Å². The number of aromatic amines is 1. The highest BCUT2D eigenvalue weighted by atomic mass is 16.5. The molecule has 0 spiro atoms. The highest BCUT2D eigenvalue weighted by molar-refractivity contribution is 6.27. The second kappa shape index (κ2) is 6.59. The first kappa shape index (κ1) is 18.4. The lowest BCUT2D eigenvalue weighted by atomic mass is 10.0. The standard InChI is InChI=1S/C26H18N2O4/c1-31-20-10-9-18-21-23(16-5-3-4-6-17(16)24(21)29)28(26(30)22(18)25(20)32-2)15-8-7-14-11-12-27-19(14)13-15/h3-13,27H,1-2H3. The van der Waals surface area contributed by atoms with Crippen molar-refractivity contribution in [1.29, 1.82) is 0 Å². The van der Waals surface area contributed by atoms with Crippen molar-refractivity contribution in [3.05, 3.63) is 88.3 Å². The molecule has 0 amide bonds. The summed E-state index contributed by atoms with van der Waals surface area (Å²) in [5.41, 5.74) is 3.71. The van der Waals surface area contributed by atoms with Gasteiger partial charge in [-0.1, -0.05) is 30.3 Å². The minimum atomic E-state index is -0.273. The highest BCUT2D eigenvalue weighted by Crippen LogP contribution is 2.43. The van der Waals surface area contributed by atoms with E-state index < -0.39 is 0 Å². The number of ether oxygens (including phenoxy) is 2. The molecule has 1 N–H and O–H groups in total. The van der Waals surface area contributed by atoms with Gasteiger partial charge in [-0.25, -0.2) is 0 Å². The number of rotatable bonds is 3. The molecule has 32 heavy (non-hydrogen) atoms. The Morgan fingerprint density at radius 3 is 2.47 bits per heavy atom. The van der Waals surface area contributed by atoms with Crippen molar-refractivity contribution in [3.8, 4) is 28.4 Å². The summed E-state index contributed by atoms with van der Waals surface area (Å²) in [7, 11) is 3.02. The van der Waals surface area contributed by atoms with Crippen LogP contribution in [0.2, 0.25) is 0 Å². The van der Waals surface area contributed by atoms with Gasteiger partial charge in [-0.3, -0.25) is 14.2 Å². The number of nitrogens with zero attached hydrogens (tertiary/aromatic N) is 1. The average Bonchev–Trinajstić information content (AvgIpc) is 3.41. The number of methoxy groups -OCH3 is 2. The summed E-state index contributed by atoms with van der Waals surface area (Å²) in [4.78, 5) is 30.8. The number of hydrogen-bond donors (Lipinski definition) is 1. The van der Waals surface area contributed by atoms with Crippen LogP contribution in [-0.4, -0.2) is 29.6 Å². The molecule has 2 aromatic heterocycles. The predicted molar refractivity (Wildman–Crippen MR) is 123 cm³/mol. The third kappa shape index (κ3) is 2.29. The van der Waals surface area contributed by atoms with E-state index in [1.807, 2.05) is 48.7 Å². The number of aromatic nitrogens is 2. The Hall–Kier alpha value is -4.32. The smallest absolute Gasteiger partial charge is 0.267 e. The number of fused-ring (bicyclic) bond motifs is 6. The number of nitrogens with one attached hydrogen (secondary N) is 1. The molecule has 6 rings (SSSR count). The summed E-state index contributed by atoms with van der Waals surface area (Å²) < 4.78 is 12.6. The Morgan fingerprint density at radius 1 is 0.875 bits per heavy atom. The summed E-state index contributed by atoms with van der Waals surface area (Å²) >= 11 is 0. The number of H-pyrrole nitrogens is 1. The Balaban J connectivity index is 1.85. The molecule has 0 radical (unpaired) electrons. The van der Waals surface area contributed by atoms with Crippen molar-refractivity contribution < 1.29 is 14.3 Å². The second-order valence-electron chi connectivity index (χ2n) is 7.71. The molecule has 0 saturated carbocycles. The zero-order chi connectivity index (χ0) is 22.0. The van der Waals surface area contributed by atoms with E-state index >= 15 is 0 Å². The van der Waals surface area contributed by atoms with Gasteiger partial charge in [-0.05, 0) is 35.7 Å². The molecule has 0 aliphatic heterocycles. The van der Waals surface area contributed by atoms with Crippen LogP contribution in [0.3, 0.4) is 0 Å². The number of ketones is 1. The van der Waals surface area contributed by atoms with Gasteiger partial charge in [0.15, 0.2) is 17.3 Å². The van der Waals surface area contributed by atoms with Crippen molar-refractivity contribution in [2.75, 3.05) is 14.2 Å². The van der Waals surface area contributed by atoms with Gasteiger partial charge in [0.25, 0.3) is 5.56 Å². The molecular formula is C26H18N2O4. The van der Waals surface area contributed by atoms with Crippen molar-refractivity contribution >= 4 is 27.5 Å². The first-order valence-electron chi connectivity index (χ1n) is 10.2. The third-order valence-electron chi connectivity index (χ3n) is 6.14. The molecule has 6 heteroatoms. The monoisotopic (exact) mass is 422 g/mol. The van der Waals surface area contributed by atoms with Gasteiger partial charge in [0.2, 0.25) is 0 Å². The minimum absolute atomic E-state index is 0.109. The number of pyridine rings is 1. The van der Waals surface area contributed by atoms with Gasteiger partial charge in [-0.2, -0.15) is 0 Å². The molecule has 6 nitrogen and oxygen atoms in total. The van der Waals surface area contributed by atoms with Gasteiger partial charge >= 0.3 is 0 Å². The van der Waals surface area contributed by atoms with Crippen molar-refractivity contribution in [2.24, 2.45) is 0 Å². The number of hydrogen-bond acceptors (Lipinski definition) is 4. The first-order valence-corrected chi connectivity index (χ1v) is 10.2. The normalized spacial score (nSPS) is 12.2. The van der Waals surface area contributed by atoms with Crippen LogP contribution < -0.4 is 15.0 Å². The average molecular weight is 422 g/mol. The first-order chi connectivity index (χ1) is 15.6. The van der Waals surface area contributed by atoms with E-state index in [1.54, 1.807) is 22.8 Å². The quantitative estimate of drug-likeness (QED) is 0.449. The van der Waals surface area contributed by atoms with E-state index in [0.717, 1.165) is 16.5 Å². The van der Waals surface area contributed by atoms with E-state index in [2.05, 4.69) is 4.98 Å². The molecule has 1 aliphatic rings. The van der Waals surface area contributed by atoms with Gasteiger partial charge < -0.3 is 14.5 Å². The largest absolute Gasteiger partial charge is 0.493 e. The van der Waals surface area contributed by atoms with Crippen molar-refractivity contribution in [2.45, 2.75) is 0 Å². The highest BCUT2D eigenvalue weighted by Gasteiger charge is 2.34. The Kier molecular flexibility index (Phi) is 3.80. The summed E-state index contributed by atoms with van der Waals surface area (Å²) in [6, 6.07) is 18.6. The van der Waals surface area contributed by atoms with Crippen LogP contribution >= 0.6 is 0 Å². The number of carbonyl (C=O) groups excluding carboxylic acids is 1. The minimum Gasteiger partial charge on any atom is -0.493 e. The van der Waals surface area contributed by atoms with Crippen LogP contribution in [0, 0.1) is 0 Å². The molecular weight excluding hydrogens is 404 g/mol. The van der Waals surface area contributed by atoms with E-state index in [0.29, 0.717) is 44.8 Å². The van der Waals surface area contributed by atoms with Gasteiger partial charge in [-0.15, -0.1) is 0 Å². The van der Waals surface area contributed by atoms with Gasteiger partial charge in [0.05, 0.1) is 36.6 Å². The Morgan fingerprint density at radius 2 is 1.69 bits per heavy atom. The van der Waals surface area contributed by atoms with E-state index in [1.165, 1.54) is 14.2 Å². The summed E-state index contributed by atoms with van der Waals surface area (Å²) in [6.07, 6.45) is 1.86. The Bertz CT molecular complexity index is 1640. The fourth-order valence-electron chi connectivity index (χ4n) is 4.73. The summed E-state index contributed by atoms with van der Waals surface area (Å²) in [5, 5.41) is 1.91. The van der Waals surface area contributed by atoms with Gasteiger partial charge in [0, 0.05) is 28.2 Å². The zero-order valence-corrected chi connectivity index (χ0v) is 17.4. The fourth-order valence-corrected chi connectivity index (χ4v) is 4.73. The zero-order valence-electron chi connectivity index (χ0n) is 17.4. The van der Waals surface area contributed by atoms with Crippen LogP contribution in [0.1, 0.15) is 15.9 Å². The van der Waals surface area contributed by atoms with Crippen LogP contribution in [0.4, 0.5) is 0 Å². The van der Waals surface area contributed by atoms with Crippen LogP contribution in [0.5, 0.6) is 11.5 Å². The van der Waals surface area contributed by atoms with Gasteiger partial charge in [0.1, 0.15) is 0 Å². The lowest BCUT2D eigenvalue weighted by molar-refractivity contribution is 0.104. The molecule has 156 valence electrons. The molecule has 2 heterocycles. The van der Waals surface area contributed by atoms with Crippen LogP contribution in [-0.2, 0) is 0 Å². The molecule has 1 aliphatic carbocycles. The summed E-state index contributed by atoms with van der Waals surface area (Å²) in [5.74, 6) is 0.644. The molecule has 0 atom stereocenters. The lowest BCUT2D eigenvalue weighted by Gasteiger charge is -2.18. The second-order valence-corrected chi connectivity index (χ2v) is 7.71. The third-order valence-corrected chi connectivity index (χ3v) is 6.14. The predicted octanol–water partition coefficient (Wildman–Crippen LogP) is 4.70. The maximum absolute atomic E-state index is 14.0. The molecule has 0 fully saturated rings. The molecule has 3 aromatic carbocycles.